The van der Waals surface area contributed by atoms with Crippen molar-refractivity contribution < 1.29 is 9.53 Å². The highest BCUT2D eigenvalue weighted by molar-refractivity contribution is 6.33. The lowest BCUT2D eigenvalue weighted by Crippen LogP contribution is -2.37. The van der Waals surface area contributed by atoms with Crippen molar-refractivity contribution in [3.63, 3.8) is 0 Å². The summed E-state index contributed by atoms with van der Waals surface area (Å²) in [6.07, 6.45) is 1.55. The van der Waals surface area contributed by atoms with Crippen LogP contribution in [0, 0.1) is 0 Å². The first kappa shape index (κ1) is 17.6. The van der Waals surface area contributed by atoms with Gasteiger partial charge in [0, 0.05) is 26.2 Å². The van der Waals surface area contributed by atoms with E-state index in [2.05, 4.69) is 15.3 Å². The first-order valence-corrected chi connectivity index (χ1v) is 8.83. The Bertz CT molecular complexity index is 774. The fourth-order valence-electron chi connectivity index (χ4n) is 3.27. The van der Waals surface area contributed by atoms with E-state index in [1.54, 1.807) is 18.8 Å². The third-order valence-corrected chi connectivity index (χ3v) is 4.99. The van der Waals surface area contributed by atoms with Crippen molar-refractivity contribution in [2.45, 2.75) is 25.8 Å². The Balaban J connectivity index is 1.70. The second kappa shape index (κ2) is 7.35. The summed E-state index contributed by atoms with van der Waals surface area (Å²) in [4.78, 5) is 14.9. The molecule has 0 aliphatic carbocycles. The topological polar surface area (TPSA) is 59.4 Å². The molecule has 1 aliphatic rings. The van der Waals surface area contributed by atoms with Gasteiger partial charge in [0.25, 0.3) is 5.91 Å². The largest absolute Gasteiger partial charge is 0.495 e. The first-order valence-electron chi connectivity index (χ1n) is 8.45. The monoisotopic (exact) mass is 362 g/mol. The highest BCUT2D eigenvalue weighted by atomic mass is 35.5. The number of rotatable bonds is 5. The Hall–Kier alpha value is -2.21. The van der Waals surface area contributed by atoms with Gasteiger partial charge in [-0.15, -0.1) is 0 Å². The van der Waals surface area contributed by atoms with Crippen LogP contribution in [-0.2, 0) is 13.5 Å². The molecule has 1 aromatic heterocycles. The van der Waals surface area contributed by atoms with Gasteiger partial charge in [0.2, 0.25) is 0 Å². The number of benzene rings is 1. The quantitative estimate of drug-likeness (QED) is 0.888. The van der Waals surface area contributed by atoms with Gasteiger partial charge in [0.15, 0.2) is 0 Å². The number of anilines is 1. The number of nitrogens with one attached hydrogen (secondary N) is 1. The summed E-state index contributed by atoms with van der Waals surface area (Å²) in [7, 11) is 3.42. The van der Waals surface area contributed by atoms with E-state index in [0.29, 0.717) is 17.1 Å². The number of aryl methyl sites for hydroxylation is 2. The van der Waals surface area contributed by atoms with Crippen molar-refractivity contribution in [1.29, 1.82) is 0 Å². The number of hydrogen-bond acceptors (Lipinski definition) is 4. The smallest absolute Gasteiger partial charge is 0.256 e. The zero-order chi connectivity index (χ0) is 18.0. The van der Waals surface area contributed by atoms with E-state index in [1.165, 1.54) is 0 Å². The molecule has 2 heterocycles. The maximum absolute atomic E-state index is 12.7. The zero-order valence-corrected chi connectivity index (χ0v) is 15.5. The van der Waals surface area contributed by atoms with Gasteiger partial charge < -0.3 is 15.0 Å². The van der Waals surface area contributed by atoms with E-state index in [9.17, 15) is 4.79 Å². The van der Waals surface area contributed by atoms with Crippen molar-refractivity contribution in [2.75, 3.05) is 25.1 Å². The van der Waals surface area contributed by atoms with Crippen LogP contribution in [0.15, 0.2) is 24.3 Å². The summed E-state index contributed by atoms with van der Waals surface area (Å²) in [6, 6.07) is 8.00. The molecule has 1 fully saturated rings. The summed E-state index contributed by atoms with van der Waals surface area (Å²) in [5, 5.41) is 7.79. The third kappa shape index (κ3) is 3.44. The van der Waals surface area contributed by atoms with Crippen LogP contribution in [0.2, 0.25) is 5.15 Å². The van der Waals surface area contributed by atoms with Gasteiger partial charge in [-0.3, -0.25) is 9.48 Å². The lowest BCUT2D eigenvalue weighted by molar-refractivity contribution is 0.0939. The summed E-state index contributed by atoms with van der Waals surface area (Å²) < 4.78 is 6.98. The average Bonchev–Trinajstić information content (AvgIpc) is 3.19. The summed E-state index contributed by atoms with van der Waals surface area (Å²) in [6.45, 7) is 3.58. The molecule has 2 aromatic rings. The van der Waals surface area contributed by atoms with Crippen LogP contribution in [0.4, 0.5) is 5.69 Å². The standard InChI is InChI=1S/C18H23ClN4O2/c1-4-13-16(17(19)22(2)21-13)18(24)20-12-9-10-23(11-12)14-7-5-6-8-15(14)25-3/h5-8,12H,4,9-11H2,1-3H3,(H,20,24). The molecule has 1 N–H and O–H groups in total. The van der Waals surface area contributed by atoms with Crippen LogP contribution in [0.1, 0.15) is 29.4 Å². The van der Waals surface area contributed by atoms with Gasteiger partial charge in [0.05, 0.1) is 24.1 Å². The highest BCUT2D eigenvalue weighted by Crippen LogP contribution is 2.30. The lowest BCUT2D eigenvalue weighted by Gasteiger charge is -2.21. The molecule has 1 aliphatic heterocycles. The minimum atomic E-state index is -0.151. The van der Waals surface area contributed by atoms with Gasteiger partial charge in [0.1, 0.15) is 10.9 Å². The maximum Gasteiger partial charge on any atom is 0.256 e. The number of halogens is 1. The van der Waals surface area contributed by atoms with E-state index >= 15 is 0 Å². The minimum Gasteiger partial charge on any atom is -0.495 e. The maximum atomic E-state index is 12.7. The first-order chi connectivity index (χ1) is 12.0. The average molecular weight is 363 g/mol. The Morgan fingerprint density at radius 1 is 1.44 bits per heavy atom. The van der Waals surface area contributed by atoms with E-state index < -0.39 is 0 Å². The Labute approximate surface area is 152 Å². The van der Waals surface area contributed by atoms with Crippen molar-refractivity contribution in [3.05, 3.63) is 40.7 Å². The molecule has 1 saturated heterocycles. The normalized spacial score (nSPS) is 17.0. The van der Waals surface area contributed by atoms with Gasteiger partial charge in [-0.25, -0.2) is 0 Å². The molecule has 0 radical (unpaired) electrons. The van der Waals surface area contributed by atoms with Crippen LogP contribution >= 0.6 is 11.6 Å². The molecule has 1 amide bonds. The lowest BCUT2D eigenvalue weighted by atomic mass is 10.1. The van der Waals surface area contributed by atoms with Crippen molar-refractivity contribution in [2.24, 2.45) is 7.05 Å². The number of aromatic nitrogens is 2. The van der Waals surface area contributed by atoms with E-state index in [0.717, 1.165) is 36.6 Å². The van der Waals surface area contributed by atoms with Crippen LogP contribution < -0.4 is 15.0 Å². The number of amides is 1. The fraction of sp³-hybridized carbons (Fsp3) is 0.444. The SMILES string of the molecule is CCc1nn(C)c(Cl)c1C(=O)NC1CCN(c2ccccc2OC)C1. The summed E-state index contributed by atoms with van der Waals surface area (Å²) in [5.74, 6) is 0.694. The van der Waals surface area contributed by atoms with Crippen molar-refractivity contribution in [1.82, 2.24) is 15.1 Å². The van der Waals surface area contributed by atoms with Crippen LogP contribution in [0.5, 0.6) is 5.75 Å². The Kier molecular flexibility index (Phi) is 5.18. The molecule has 1 aromatic carbocycles. The predicted molar refractivity (Wildman–Crippen MR) is 98.7 cm³/mol. The number of ether oxygens (including phenoxy) is 1. The molecule has 6 nitrogen and oxygen atoms in total. The molecule has 1 unspecified atom stereocenters. The van der Waals surface area contributed by atoms with Crippen LogP contribution in [-0.4, -0.2) is 41.9 Å². The molecule has 0 bridgehead atoms. The van der Waals surface area contributed by atoms with Gasteiger partial charge in [-0.05, 0) is 25.0 Å². The molecule has 25 heavy (non-hydrogen) atoms. The van der Waals surface area contributed by atoms with E-state index in [4.69, 9.17) is 16.3 Å². The van der Waals surface area contributed by atoms with Gasteiger partial charge >= 0.3 is 0 Å². The molecule has 3 rings (SSSR count). The fourth-order valence-corrected chi connectivity index (χ4v) is 3.51. The molecule has 0 saturated carbocycles. The highest BCUT2D eigenvalue weighted by Gasteiger charge is 2.28. The number of nitrogens with zero attached hydrogens (tertiary/aromatic N) is 3. The summed E-state index contributed by atoms with van der Waals surface area (Å²) in [5.41, 5.74) is 2.27. The number of hydrogen-bond donors (Lipinski definition) is 1. The summed E-state index contributed by atoms with van der Waals surface area (Å²) >= 11 is 6.25. The number of carbonyl (C=O) groups excluding carboxylic acids is 1. The van der Waals surface area contributed by atoms with Gasteiger partial charge in [-0.1, -0.05) is 30.7 Å². The van der Waals surface area contributed by atoms with Crippen molar-refractivity contribution in [3.8, 4) is 5.75 Å². The molecule has 7 heteroatoms. The number of carbonyl (C=O) groups is 1. The van der Waals surface area contributed by atoms with Crippen LogP contribution in [0.3, 0.4) is 0 Å². The molecule has 1 atom stereocenters. The second-order valence-corrected chi connectivity index (χ2v) is 6.52. The zero-order valence-electron chi connectivity index (χ0n) is 14.8. The van der Waals surface area contributed by atoms with E-state index in [1.807, 2.05) is 31.2 Å². The van der Waals surface area contributed by atoms with Gasteiger partial charge in [-0.2, -0.15) is 5.10 Å². The number of methoxy groups -OCH3 is 1. The Morgan fingerprint density at radius 3 is 2.92 bits per heavy atom. The molecule has 134 valence electrons. The Morgan fingerprint density at radius 2 is 2.20 bits per heavy atom. The predicted octanol–water partition coefficient (Wildman–Crippen LogP) is 2.65. The minimum absolute atomic E-state index is 0.0680. The van der Waals surface area contributed by atoms with Crippen molar-refractivity contribution >= 4 is 23.2 Å². The third-order valence-electron chi connectivity index (χ3n) is 4.56. The number of para-hydroxylation sites is 2. The molecule has 0 spiro atoms. The van der Waals surface area contributed by atoms with Crippen LogP contribution in [0.25, 0.3) is 0 Å². The molecular formula is C18H23ClN4O2. The molecular weight excluding hydrogens is 340 g/mol. The second-order valence-electron chi connectivity index (χ2n) is 6.17. The van der Waals surface area contributed by atoms with E-state index in [-0.39, 0.29) is 11.9 Å².